The Bertz CT molecular complexity index is 729. The molecule has 0 spiro atoms. The summed E-state index contributed by atoms with van der Waals surface area (Å²) in [4.78, 5) is 36.0. The Kier molecular flexibility index (Phi) is 5.89. The van der Waals surface area contributed by atoms with Gasteiger partial charge < -0.3 is 14.6 Å². The zero-order valence-corrected chi connectivity index (χ0v) is 14.0. The third-order valence-corrected chi connectivity index (χ3v) is 4.19. The van der Waals surface area contributed by atoms with Gasteiger partial charge in [0.25, 0.3) is 5.56 Å². The Morgan fingerprint density at radius 3 is 3.16 bits per heavy atom. The van der Waals surface area contributed by atoms with Crippen molar-refractivity contribution in [2.45, 2.75) is 38.3 Å². The van der Waals surface area contributed by atoms with E-state index in [9.17, 15) is 9.59 Å². The zero-order valence-electron chi connectivity index (χ0n) is 14.0. The monoisotopic (exact) mass is 346 g/mol. The van der Waals surface area contributed by atoms with Crippen LogP contribution in [0.2, 0.25) is 0 Å². The van der Waals surface area contributed by atoms with Crippen molar-refractivity contribution in [2.75, 3.05) is 19.7 Å². The van der Waals surface area contributed by atoms with Gasteiger partial charge in [0.1, 0.15) is 12.7 Å². The summed E-state index contributed by atoms with van der Waals surface area (Å²) >= 11 is 0. The number of aryl methyl sites for hydroxylation is 2. The van der Waals surface area contributed by atoms with E-state index >= 15 is 0 Å². The van der Waals surface area contributed by atoms with Crippen molar-refractivity contribution in [1.29, 1.82) is 0 Å². The number of amides is 1. The number of nitrogens with one attached hydrogen (secondary N) is 1. The molecule has 0 saturated carbocycles. The summed E-state index contributed by atoms with van der Waals surface area (Å²) in [6, 6.07) is 1.50. The number of ether oxygens (including phenoxy) is 1. The largest absolute Gasteiger partial charge is 0.375 e. The summed E-state index contributed by atoms with van der Waals surface area (Å²) in [6.45, 7) is 2.45. The first-order valence-electron chi connectivity index (χ1n) is 8.46. The smallest absolute Gasteiger partial charge is 0.250 e. The van der Waals surface area contributed by atoms with Crippen LogP contribution in [0.15, 0.2) is 29.8 Å². The molecule has 9 nitrogen and oxygen atoms in total. The number of aromatic nitrogens is 5. The predicted octanol–water partition coefficient (Wildman–Crippen LogP) is 0.00180. The Hall–Kier alpha value is -2.55. The topological polar surface area (TPSA) is 106 Å². The van der Waals surface area contributed by atoms with E-state index in [-0.39, 0.29) is 17.6 Å². The van der Waals surface area contributed by atoms with E-state index in [0.29, 0.717) is 39.1 Å². The number of H-pyrrole nitrogens is 1. The Labute approximate surface area is 145 Å². The van der Waals surface area contributed by atoms with Crippen LogP contribution >= 0.6 is 0 Å². The molecule has 0 aliphatic carbocycles. The number of carbonyl (C=O) groups excluding carboxylic acids is 1. The van der Waals surface area contributed by atoms with Gasteiger partial charge in [0.05, 0.1) is 19.0 Å². The van der Waals surface area contributed by atoms with Crippen molar-refractivity contribution in [2.24, 2.45) is 0 Å². The molecule has 134 valence electrons. The van der Waals surface area contributed by atoms with Gasteiger partial charge >= 0.3 is 0 Å². The molecule has 0 radical (unpaired) electrons. The van der Waals surface area contributed by atoms with Gasteiger partial charge in [-0.25, -0.2) is 9.97 Å². The summed E-state index contributed by atoms with van der Waals surface area (Å²) in [6.07, 6.45) is 7.14. The fourth-order valence-corrected chi connectivity index (χ4v) is 2.87. The molecular weight excluding hydrogens is 324 g/mol. The maximum atomic E-state index is 12.4. The molecule has 1 atom stereocenters. The second kappa shape index (κ2) is 8.52. The van der Waals surface area contributed by atoms with Crippen LogP contribution < -0.4 is 5.56 Å². The zero-order chi connectivity index (χ0) is 17.5. The molecule has 0 bridgehead atoms. The predicted molar refractivity (Wildman–Crippen MR) is 88.8 cm³/mol. The summed E-state index contributed by atoms with van der Waals surface area (Å²) < 4.78 is 7.47. The first kappa shape index (κ1) is 17.3. The van der Waals surface area contributed by atoms with Crippen LogP contribution in [-0.2, 0) is 22.5 Å². The van der Waals surface area contributed by atoms with Crippen molar-refractivity contribution >= 4 is 5.91 Å². The Balaban J connectivity index is 1.42. The molecule has 2 aromatic rings. The highest BCUT2D eigenvalue weighted by atomic mass is 16.5. The Morgan fingerprint density at radius 2 is 2.36 bits per heavy atom. The molecule has 1 amide bonds. The van der Waals surface area contributed by atoms with E-state index in [4.69, 9.17) is 4.74 Å². The van der Waals surface area contributed by atoms with E-state index in [1.807, 2.05) is 4.90 Å². The maximum absolute atomic E-state index is 12.4. The van der Waals surface area contributed by atoms with Gasteiger partial charge in [-0.15, -0.1) is 0 Å². The molecule has 1 aliphatic heterocycles. The molecule has 25 heavy (non-hydrogen) atoms. The van der Waals surface area contributed by atoms with Gasteiger partial charge in [0.15, 0.2) is 0 Å². The highest BCUT2D eigenvalue weighted by Gasteiger charge is 2.23. The number of carbonyl (C=O) groups is 1. The minimum absolute atomic E-state index is 0.0193. The number of aromatic amines is 1. The van der Waals surface area contributed by atoms with Crippen molar-refractivity contribution in [3.05, 3.63) is 41.1 Å². The molecule has 9 heteroatoms. The molecule has 1 fully saturated rings. The van der Waals surface area contributed by atoms with E-state index in [0.717, 1.165) is 18.5 Å². The summed E-state index contributed by atoms with van der Waals surface area (Å²) in [5.74, 6) is 0.141. The average molecular weight is 346 g/mol. The normalized spacial score (nSPS) is 17.6. The van der Waals surface area contributed by atoms with Crippen LogP contribution in [0.25, 0.3) is 0 Å². The van der Waals surface area contributed by atoms with E-state index in [1.54, 1.807) is 11.0 Å². The minimum Gasteiger partial charge on any atom is -0.375 e. The molecule has 2 aromatic heterocycles. The standard InChI is InChI=1S/C16H22N6O3/c23-15-8-13(18-11-19-15)3-4-14-9-21(6-7-25-14)16(24)2-1-5-22-12-17-10-20-22/h8,10-12,14H,1-7,9H2,(H,18,19,23)/t14-/m1/s1. The number of morpholine rings is 1. The summed E-state index contributed by atoms with van der Waals surface area (Å²) in [7, 11) is 0. The summed E-state index contributed by atoms with van der Waals surface area (Å²) in [5, 5.41) is 4.03. The molecule has 1 N–H and O–H groups in total. The highest BCUT2D eigenvalue weighted by molar-refractivity contribution is 5.76. The van der Waals surface area contributed by atoms with Crippen LogP contribution in [-0.4, -0.2) is 61.3 Å². The number of rotatable bonds is 7. The lowest BCUT2D eigenvalue weighted by atomic mass is 10.1. The number of hydrogen-bond acceptors (Lipinski definition) is 6. The van der Waals surface area contributed by atoms with Crippen LogP contribution in [0, 0.1) is 0 Å². The third kappa shape index (κ3) is 5.21. The molecular formula is C16H22N6O3. The lowest BCUT2D eigenvalue weighted by molar-refractivity contribution is -0.139. The summed E-state index contributed by atoms with van der Waals surface area (Å²) in [5.41, 5.74) is 0.586. The van der Waals surface area contributed by atoms with E-state index in [2.05, 4.69) is 20.1 Å². The number of hydrogen-bond donors (Lipinski definition) is 1. The van der Waals surface area contributed by atoms with Gasteiger partial charge in [-0.2, -0.15) is 5.10 Å². The second-order valence-corrected chi connectivity index (χ2v) is 6.04. The van der Waals surface area contributed by atoms with Crippen LogP contribution in [0.3, 0.4) is 0 Å². The molecule has 1 saturated heterocycles. The van der Waals surface area contributed by atoms with Gasteiger partial charge in [0, 0.05) is 37.8 Å². The third-order valence-electron chi connectivity index (χ3n) is 4.19. The fourth-order valence-electron chi connectivity index (χ4n) is 2.87. The quantitative estimate of drug-likeness (QED) is 0.756. The van der Waals surface area contributed by atoms with Gasteiger partial charge in [-0.05, 0) is 19.3 Å². The first-order chi connectivity index (χ1) is 12.2. The molecule has 1 aliphatic rings. The van der Waals surface area contributed by atoms with Crippen LogP contribution in [0.5, 0.6) is 0 Å². The van der Waals surface area contributed by atoms with Gasteiger partial charge in [-0.3, -0.25) is 14.3 Å². The molecule has 3 rings (SSSR count). The lowest BCUT2D eigenvalue weighted by Gasteiger charge is -2.33. The van der Waals surface area contributed by atoms with Crippen molar-refractivity contribution in [1.82, 2.24) is 29.6 Å². The van der Waals surface area contributed by atoms with Crippen LogP contribution in [0.1, 0.15) is 25.0 Å². The van der Waals surface area contributed by atoms with Gasteiger partial charge in [-0.1, -0.05) is 0 Å². The van der Waals surface area contributed by atoms with Crippen molar-refractivity contribution in [3.8, 4) is 0 Å². The highest BCUT2D eigenvalue weighted by Crippen LogP contribution is 2.13. The van der Waals surface area contributed by atoms with Crippen LogP contribution in [0.4, 0.5) is 0 Å². The average Bonchev–Trinajstić information content (AvgIpc) is 3.14. The first-order valence-corrected chi connectivity index (χ1v) is 8.46. The SMILES string of the molecule is O=C(CCCn1cncn1)N1CCO[C@H](CCc2cc(=O)[nH]cn2)C1. The fraction of sp³-hybridized carbons (Fsp3) is 0.562. The molecule has 3 heterocycles. The van der Waals surface area contributed by atoms with Crippen molar-refractivity contribution < 1.29 is 9.53 Å². The van der Waals surface area contributed by atoms with E-state index < -0.39 is 0 Å². The second-order valence-electron chi connectivity index (χ2n) is 6.04. The van der Waals surface area contributed by atoms with Gasteiger partial charge in [0.2, 0.25) is 5.91 Å². The lowest BCUT2D eigenvalue weighted by Crippen LogP contribution is -2.45. The molecule has 0 unspecified atom stereocenters. The minimum atomic E-state index is -0.154. The Morgan fingerprint density at radius 1 is 1.44 bits per heavy atom. The number of nitrogens with zero attached hydrogens (tertiary/aromatic N) is 5. The molecule has 0 aromatic carbocycles. The van der Waals surface area contributed by atoms with E-state index in [1.165, 1.54) is 18.7 Å². The van der Waals surface area contributed by atoms with Crippen molar-refractivity contribution in [3.63, 3.8) is 0 Å². The maximum Gasteiger partial charge on any atom is 0.250 e.